The number of para-hydroxylation sites is 1. The minimum absolute atomic E-state index is 0.0292. The van der Waals surface area contributed by atoms with Crippen molar-refractivity contribution in [3.8, 4) is 28.8 Å². The number of benzene rings is 3. The van der Waals surface area contributed by atoms with E-state index in [2.05, 4.69) is 0 Å². The van der Waals surface area contributed by atoms with Crippen LogP contribution >= 0.6 is 12.2 Å². The fraction of sp³-hybridized carbons (Fsp3) is 0.0455. The number of aromatic hydroxyl groups is 1. The number of hydrogen-bond donors (Lipinski definition) is 1. The van der Waals surface area contributed by atoms with E-state index in [4.69, 9.17) is 17.0 Å². The van der Waals surface area contributed by atoms with Crippen LogP contribution in [0.25, 0.3) is 11.4 Å². The third-order valence-corrected chi connectivity index (χ3v) is 5.01. The average Bonchev–Trinajstić information content (AvgIpc) is 2.98. The Kier molecular flexibility index (Phi) is 5.07. The number of ether oxygens (including phenoxy) is 1. The number of rotatable bonds is 5. The van der Waals surface area contributed by atoms with Gasteiger partial charge in [0.1, 0.15) is 11.5 Å². The van der Waals surface area contributed by atoms with Crippen molar-refractivity contribution in [2.75, 3.05) is 0 Å². The molecule has 0 aliphatic heterocycles. The minimum Gasteiger partial charge on any atom is -0.493 e. The summed E-state index contributed by atoms with van der Waals surface area (Å²) in [5, 5.41) is 21.5. The van der Waals surface area contributed by atoms with E-state index in [0.29, 0.717) is 21.9 Å². The van der Waals surface area contributed by atoms with Crippen molar-refractivity contribution in [3.05, 3.63) is 99.4 Å². The van der Waals surface area contributed by atoms with E-state index in [-0.39, 0.29) is 11.6 Å². The Bertz CT molecular complexity index is 1260. The summed E-state index contributed by atoms with van der Waals surface area (Å²) in [5.41, 5.74) is 1.81. The molecule has 0 bridgehead atoms. The lowest BCUT2D eigenvalue weighted by molar-refractivity contribution is -0.384. The predicted molar refractivity (Wildman–Crippen MR) is 116 cm³/mol. The maximum Gasteiger partial charge on any atom is 0.269 e. The zero-order chi connectivity index (χ0) is 21.3. The predicted octanol–water partition coefficient (Wildman–Crippen LogP) is 5.71. The molecule has 4 aromatic rings. The summed E-state index contributed by atoms with van der Waals surface area (Å²) in [6.45, 7) is 1.75. The van der Waals surface area contributed by atoms with Crippen LogP contribution in [0.1, 0.15) is 5.69 Å². The van der Waals surface area contributed by atoms with Crippen molar-refractivity contribution in [1.29, 1.82) is 0 Å². The molecule has 8 heteroatoms. The van der Waals surface area contributed by atoms with E-state index < -0.39 is 4.92 Å². The maximum atomic E-state index is 10.9. The molecule has 7 nitrogen and oxygen atoms in total. The topological polar surface area (TPSA) is 82.5 Å². The van der Waals surface area contributed by atoms with Gasteiger partial charge in [0, 0.05) is 17.8 Å². The van der Waals surface area contributed by atoms with Crippen molar-refractivity contribution < 1.29 is 14.8 Å². The van der Waals surface area contributed by atoms with Crippen molar-refractivity contribution in [1.82, 2.24) is 9.13 Å². The van der Waals surface area contributed by atoms with Gasteiger partial charge >= 0.3 is 0 Å². The van der Waals surface area contributed by atoms with Gasteiger partial charge in [0.05, 0.1) is 16.3 Å². The first-order chi connectivity index (χ1) is 14.5. The summed E-state index contributed by atoms with van der Waals surface area (Å²) in [4.78, 5) is 10.4. The van der Waals surface area contributed by atoms with Crippen LogP contribution in [0.2, 0.25) is 0 Å². The molecule has 150 valence electrons. The molecule has 0 atom stereocenters. The molecule has 0 spiro atoms. The lowest BCUT2D eigenvalue weighted by Crippen LogP contribution is -1.99. The SMILES string of the molecule is Cc1c(O)n(-c2ccc([N+](=O)[O-])cc2)c(=S)n1-c1ccc(Oc2ccccc2)cc1. The Morgan fingerprint density at radius 2 is 1.40 bits per heavy atom. The number of nitro groups is 1. The normalized spacial score (nSPS) is 10.7. The Morgan fingerprint density at radius 1 is 0.867 bits per heavy atom. The van der Waals surface area contributed by atoms with Crippen LogP contribution in [0.15, 0.2) is 78.9 Å². The number of aromatic nitrogens is 2. The summed E-state index contributed by atoms with van der Waals surface area (Å²) >= 11 is 5.59. The van der Waals surface area contributed by atoms with Gasteiger partial charge in [-0.3, -0.25) is 19.2 Å². The molecule has 0 aliphatic carbocycles. The molecule has 1 aromatic heterocycles. The lowest BCUT2D eigenvalue weighted by Gasteiger charge is -2.08. The number of nitrogens with zero attached hydrogens (tertiary/aromatic N) is 3. The minimum atomic E-state index is -0.474. The standard InChI is InChI=1S/C22H17N3O4S/c1-15-21(26)24(17-7-9-18(10-8-17)25(27)28)22(30)23(15)16-11-13-20(14-12-16)29-19-5-3-2-4-6-19/h2-14,26H,1H3. The van der Waals surface area contributed by atoms with Gasteiger partial charge < -0.3 is 9.84 Å². The summed E-state index contributed by atoms with van der Waals surface area (Å²) in [6.07, 6.45) is 0. The molecule has 4 rings (SSSR count). The van der Waals surface area contributed by atoms with Crippen LogP contribution in [0, 0.1) is 21.8 Å². The summed E-state index contributed by atoms with van der Waals surface area (Å²) in [7, 11) is 0. The van der Waals surface area contributed by atoms with Gasteiger partial charge in [-0.2, -0.15) is 0 Å². The quantitative estimate of drug-likeness (QED) is 0.254. The molecular weight excluding hydrogens is 402 g/mol. The zero-order valence-corrected chi connectivity index (χ0v) is 16.7. The molecular formula is C22H17N3O4S. The summed E-state index contributed by atoms with van der Waals surface area (Å²) in [5.74, 6) is 1.38. The highest BCUT2D eigenvalue weighted by Gasteiger charge is 2.17. The van der Waals surface area contributed by atoms with Crippen LogP contribution in [0.5, 0.6) is 17.4 Å². The Hall–Kier alpha value is -3.91. The monoisotopic (exact) mass is 419 g/mol. The smallest absolute Gasteiger partial charge is 0.269 e. The van der Waals surface area contributed by atoms with Crippen LogP contribution < -0.4 is 4.74 Å². The van der Waals surface area contributed by atoms with Gasteiger partial charge in [-0.25, -0.2) is 0 Å². The summed E-state index contributed by atoms with van der Waals surface area (Å²) in [6, 6.07) is 22.6. The molecule has 30 heavy (non-hydrogen) atoms. The molecule has 0 amide bonds. The van der Waals surface area contributed by atoms with Crippen molar-refractivity contribution in [3.63, 3.8) is 0 Å². The molecule has 3 aromatic carbocycles. The second-order valence-electron chi connectivity index (χ2n) is 6.54. The van der Waals surface area contributed by atoms with Gasteiger partial charge in [-0.1, -0.05) is 18.2 Å². The van der Waals surface area contributed by atoms with Gasteiger partial charge in [0.25, 0.3) is 5.69 Å². The molecule has 0 saturated heterocycles. The fourth-order valence-corrected chi connectivity index (χ4v) is 3.58. The van der Waals surface area contributed by atoms with Crippen molar-refractivity contribution >= 4 is 17.9 Å². The maximum absolute atomic E-state index is 10.9. The van der Waals surface area contributed by atoms with Crippen LogP contribution in [0.4, 0.5) is 5.69 Å². The van der Waals surface area contributed by atoms with E-state index in [9.17, 15) is 15.2 Å². The van der Waals surface area contributed by atoms with Crippen molar-refractivity contribution in [2.45, 2.75) is 6.92 Å². The molecule has 1 N–H and O–H groups in total. The van der Waals surface area contributed by atoms with Gasteiger partial charge in [-0.15, -0.1) is 0 Å². The zero-order valence-electron chi connectivity index (χ0n) is 15.9. The number of hydrogen-bond acceptors (Lipinski definition) is 5. The van der Waals surface area contributed by atoms with E-state index >= 15 is 0 Å². The van der Waals surface area contributed by atoms with Crippen LogP contribution in [-0.2, 0) is 0 Å². The highest BCUT2D eigenvalue weighted by molar-refractivity contribution is 7.71. The third-order valence-electron chi connectivity index (χ3n) is 4.65. The first-order valence-electron chi connectivity index (χ1n) is 9.07. The van der Waals surface area contributed by atoms with Crippen molar-refractivity contribution in [2.24, 2.45) is 0 Å². The summed E-state index contributed by atoms with van der Waals surface area (Å²) < 4.78 is 9.37. The molecule has 0 unspecified atom stereocenters. The number of non-ortho nitro benzene ring substituents is 1. The van der Waals surface area contributed by atoms with Gasteiger partial charge in [0.2, 0.25) is 5.88 Å². The fourth-order valence-electron chi connectivity index (χ4n) is 3.14. The highest BCUT2D eigenvalue weighted by Crippen LogP contribution is 2.30. The Labute approximate surface area is 177 Å². The van der Waals surface area contributed by atoms with E-state index in [1.807, 2.05) is 54.6 Å². The number of imidazole rings is 1. The first-order valence-corrected chi connectivity index (χ1v) is 9.48. The molecule has 0 fully saturated rings. The molecule has 0 aliphatic rings. The molecule has 0 saturated carbocycles. The molecule has 1 heterocycles. The molecule has 0 radical (unpaired) electrons. The van der Waals surface area contributed by atoms with E-state index in [1.165, 1.54) is 16.7 Å². The second kappa shape index (κ2) is 7.84. The van der Waals surface area contributed by atoms with Gasteiger partial charge in [-0.05, 0) is 67.7 Å². The van der Waals surface area contributed by atoms with E-state index in [0.717, 1.165) is 11.4 Å². The second-order valence-corrected chi connectivity index (χ2v) is 6.91. The highest BCUT2D eigenvalue weighted by atomic mass is 32.1. The van der Waals surface area contributed by atoms with Crippen LogP contribution in [-0.4, -0.2) is 19.2 Å². The van der Waals surface area contributed by atoms with E-state index in [1.54, 1.807) is 23.6 Å². The lowest BCUT2D eigenvalue weighted by atomic mass is 10.3. The Balaban J connectivity index is 1.69. The third kappa shape index (κ3) is 3.56. The largest absolute Gasteiger partial charge is 0.493 e. The first kappa shape index (κ1) is 19.4. The van der Waals surface area contributed by atoms with Gasteiger partial charge in [0.15, 0.2) is 4.77 Å². The number of nitro benzene ring substituents is 1. The average molecular weight is 419 g/mol. The van der Waals surface area contributed by atoms with Crippen LogP contribution in [0.3, 0.4) is 0 Å². The Morgan fingerprint density at radius 3 is 2.00 bits per heavy atom.